The molecule has 0 unspecified atom stereocenters. The molecule has 0 spiro atoms. The molecule has 0 radical (unpaired) electrons. The van der Waals surface area contributed by atoms with Crippen LogP contribution in [0.2, 0.25) is 0 Å². The Balaban J connectivity index is 1.79. The molecule has 1 saturated heterocycles. The maximum absolute atomic E-state index is 13.3. The zero-order valence-corrected chi connectivity index (χ0v) is 17.2. The fourth-order valence-electron chi connectivity index (χ4n) is 3.19. The van der Waals surface area contributed by atoms with E-state index in [0.717, 1.165) is 12.8 Å². The third-order valence-electron chi connectivity index (χ3n) is 5.47. The van der Waals surface area contributed by atoms with Gasteiger partial charge in [0, 0.05) is 0 Å². The van der Waals surface area contributed by atoms with Crippen LogP contribution >= 0.6 is 0 Å². The summed E-state index contributed by atoms with van der Waals surface area (Å²) < 4.78 is 24.2. The topological polar surface area (TPSA) is 93.6 Å². The molecule has 1 N–H and O–H groups in total. The molecular formula is C20H29FN4O4. The van der Waals surface area contributed by atoms with Crippen LogP contribution in [0.1, 0.15) is 56.9 Å². The van der Waals surface area contributed by atoms with Crippen LogP contribution in [0.3, 0.4) is 0 Å². The van der Waals surface area contributed by atoms with Gasteiger partial charge in [-0.05, 0) is 38.5 Å². The number of hydrogen-bond donors (Lipinski definition) is 1. The van der Waals surface area contributed by atoms with Gasteiger partial charge in [-0.2, -0.15) is 0 Å². The Morgan fingerprint density at radius 2 is 1.97 bits per heavy atom. The second kappa shape index (κ2) is 8.92. The van der Waals surface area contributed by atoms with Crippen molar-refractivity contribution in [3.05, 3.63) is 11.9 Å². The molecule has 2 heterocycles. The third-order valence-corrected chi connectivity index (χ3v) is 5.47. The van der Waals surface area contributed by atoms with Crippen molar-refractivity contribution in [2.24, 2.45) is 5.92 Å². The number of hydrogen-bond acceptors (Lipinski definition) is 7. The Kier molecular flexibility index (Phi) is 6.54. The van der Waals surface area contributed by atoms with Crippen molar-refractivity contribution in [1.29, 1.82) is 0 Å². The Morgan fingerprint density at radius 1 is 1.28 bits per heavy atom. The first-order valence-corrected chi connectivity index (χ1v) is 10.3. The molecule has 8 nitrogen and oxygen atoms in total. The summed E-state index contributed by atoms with van der Waals surface area (Å²) in [6.07, 6.45) is 3.42. The van der Waals surface area contributed by atoms with Crippen LogP contribution in [0.4, 0.5) is 10.2 Å². The average molecular weight is 408 g/mol. The highest BCUT2D eigenvalue weighted by Gasteiger charge is 2.39. The Labute approximate surface area is 170 Å². The van der Waals surface area contributed by atoms with Gasteiger partial charge in [0.15, 0.2) is 11.5 Å². The molecule has 2 fully saturated rings. The monoisotopic (exact) mass is 408 g/mol. The van der Waals surface area contributed by atoms with Crippen LogP contribution in [0.15, 0.2) is 6.20 Å². The van der Waals surface area contributed by atoms with Gasteiger partial charge in [0.25, 0.3) is 11.8 Å². The van der Waals surface area contributed by atoms with Crippen molar-refractivity contribution < 1.29 is 23.5 Å². The van der Waals surface area contributed by atoms with Crippen LogP contribution in [0.5, 0.6) is 5.88 Å². The number of rotatable bonds is 10. The van der Waals surface area contributed by atoms with Gasteiger partial charge in [0.2, 0.25) is 0 Å². The maximum atomic E-state index is 13.3. The van der Waals surface area contributed by atoms with Crippen molar-refractivity contribution >= 4 is 17.7 Å². The first-order chi connectivity index (χ1) is 13.9. The van der Waals surface area contributed by atoms with Gasteiger partial charge in [0.05, 0.1) is 32.5 Å². The lowest BCUT2D eigenvalue weighted by Gasteiger charge is -2.35. The van der Waals surface area contributed by atoms with Crippen molar-refractivity contribution in [3.8, 4) is 5.88 Å². The first kappa shape index (κ1) is 21.3. The van der Waals surface area contributed by atoms with Crippen LogP contribution < -0.4 is 15.0 Å². The number of nitrogens with zero attached hydrogens (tertiary/aromatic N) is 3. The molecule has 2 aliphatic rings. The van der Waals surface area contributed by atoms with Gasteiger partial charge in [-0.15, -0.1) is 0 Å². The molecule has 0 aromatic carbocycles. The molecule has 1 amide bonds. The SMILES string of the molecule is CCOC(=O)C(CC)(CC)NC(=O)c1cnc(N2CC(F)C2)c(OCC2CC2)n1. The molecule has 0 bridgehead atoms. The van der Waals surface area contributed by atoms with E-state index in [4.69, 9.17) is 9.47 Å². The highest BCUT2D eigenvalue weighted by atomic mass is 19.1. The van der Waals surface area contributed by atoms with E-state index in [1.165, 1.54) is 6.20 Å². The maximum Gasteiger partial charge on any atom is 0.331 e. The number of anilines is 1. The normalized spacial score (nSPS) is 16.9. The van der Waals surface area contributed by atoms with Gasteiger partial charge in [-0.3, -0.25) is 4.79 Å². The lowest BCUT2D eigenvalue weighted by molar-refractivity contribution is -0.151. The number of ether oxygens (including phenoxy) is 2. The minimum absolute atomic E-state index is 0.0486. The first-order valence-electron chi connectivity index (χ1n) is 10.3. The van der Waals surface area contributed by atoms with Gasteiger partial charge >= 0.3 is 5.97 Å². The molecular weight excluding hydrogens is 379 g/mol. The van der Waals surface area contributed by atoms with Gasteiger partial charge in [-0.1, -0.05) is 13.8 Å². The molecule has 1 aliphatic carbocycles. The lowest BCUT2D eigenvalue weighted by atomic mass is 9.92. The summed E-state index contributed by atoms with van der Waals surface area (Å²) in [5, 5.41) is 2.77. The number of alkyl halides is 1. The lowest BCUT2D eigenvalue weighted by Crippen LogP contribution is -2.54. The minimum Gasteiger partial charge on any atom is -0.475 e. The zero-order valence-electron chi connectivity index (χ0n) is 17.2. The smallest absolute Gasteiger partial charge is 0.331 e. The number of amides is 1. The summed E-state index contributed by atoms with van der Waals surface area (Å²) >= 11 is 0. The number of esters is 1. The highest BCUT2D eigenvalue weighted by Crippen LogP contribution is 2.33. The number of nitrogens with one attached hydrogen (secondary N) is 1. The summed E-state index contributed by atoms with van der Waals surface area (Å²) in [6.45, 7) is 6.55. The molecule has 1 saturated carbocycles. The molecule has 1 aromatic heterocycles. The summed E-state index contributed by atoms with van der Waals surface area (Å²) in [4.78, 5) is 35.7. The number of carbonyl (C=O) groups excluding carboxylic acids is 2. The molecule has 0 atom stereocenters. The summed E-state index contributed by atoms with van der Waals surface area (Å²) in [5.41, 5.74) is -1.08. The standard InChI is InChI=1S/C20H29FN4O4/c1-4-20(5-2,19(27)28-6-3)24-17(26)15-9-22-16(25-10-14(21)11-25)18(23-15)29-12-13-7-8-13/h9,13-14H,4-8,10-12H2,1-3H3,(H,24,26). The van der Waals surface area contributed by atoms with Crippen LogP contribution in [0.25, 0.3) is 0 Å². The second-order valence-corrected chi connectivity index (χ2v) is 7.60. The van der Waals surface area contributed by atoms with E-state index in [2.05, 4.69) is 15.3 Å². The van der Waals surface area contributed by atoms with E-state index in [9.17, 15) is 14.0 Å². The van der Waals surface area contributed by atoms with Crippen molar-refractivity contribution in [1.82, 2.24) is 15.3 Å². The van der Waals surface area contributed by atoms with Crippen LogP contribution in [0, 0.1) is 5.92 Å². The van der Waals surface area contributed by atoms with E-state index in [1.807, 2.05) is 13.8 Å². The molecule has 3 rings (SSSR count). The predicted octanol–water partition coefficient (Wildman–Crippen LogP) is 2.28. The fourth-order valence-corrected chi connectivity index (χ4v) is 3.19. The van der Waals surface area contributed by atoms with Crippen molar-refractivity contribution in [3.63, 3.8) is 0 Å². The highest BCUT2D eigenvalue weighted by molar-refractivity contribution is 5.96. The van der Waals surface area contributed by atoms with E-state index >= 15 is 0 Å². The zero-order chi connectivity index (χ0) is 21.0. The molecule has 9 heteroatoms. The van der Waals surface area contributed by atoms with Crippen molar-refractivity contribution in [2.75, 3.05) is 31.2 Å². The van der Waals surface area contributed by atoms with Gasteiger partial charge < -0.3 is 19.7 Å². The third kappa shape index (κ3) is 4.76. The average Bonchev–Trinajstić information content (AvgIpc) is 3.52. The summed E-state index contributed by atoms with van der Waals surface area (Å²) in [6, 6.07) is 0. The van der Waals surface area contributed by atoms with E-state index < -0.39 is 23.6 Å². The van der Waals surface area contributed by atoms with Crippen LogP contribution in [-0.4, -0.2) is 59.9 Å². The summed E-state index contributed by atoms with van der Waals surface area (Å²) in [7, 11) is 0. The number of halogens is 1. The van der Waals surface area contributed by atoms with Crippen LogP contribution in [-0.2, 0) is 9.53 Å². The fraction of sp³-hybridized carbons (Fsp3) is 0.700. The molecule has 29 heavy (non-hydrogen) atoms. The Morgan fingerprint density at radius 3 is 2.52 bits per heavy atom. The second-order valence-electron chi connectivity index (χ2n) is 7.60. The van der Waals surface area contributed by atoms with Gasteiger partial charge in [0.1, 0.15) is 11.7 Å². The van der Waals surface area contributed by atoms with Crippen molar-refractivity contribution in [2.45, 2.75) is 58.2 Å². The number of carbonyl (C=O) groups is 2. The minimum atomic E-state index is -1.12. The summed E-state index contributed by atoms with van der Waals surface area (Å²) in [5.74, 6) is 0.167. The number of aromatic nitrogens is 2. The predicted molar refractivity (Wildman–Crippen MR) is 105 cm³/mol. The van der Waals surface area contributed by atoms with E-state index in [-0.39, 0.29) is 31.3 Å². The Bertz CT molecular complexity index is 746. The largest absolute Gasteiger partial charge is 0.475 e. The van der Waals surface area contributed by atoms with E-state index in [0.29, 0.717) is 31.2 Å². The quantitative estimate of drug-likeness (QED) is 0.594. The molecule has 160 valence electrons. The van der Waals surface area contributed by atoms with E-state index in [1.54, 1.807) is 11.8 Å². The Hall–Kier alpha value is -2.45. The molecule has 1 aliphatic heterocycles. The molecule has 1 aromatic rings. The van der Waals surface area contributed by atoms with Gasteiger partial charge in [-0.25, -0.2) is 19.2 Å².